The van der Waals surface area contributed by atoms with Gasteiger partial charge in [0.15, 0.2) is 5.69 Å². The molecule has 0 saturated heterocycles. The number of carbonyl (C=O) groups is 1. The number of amides is 1. The minimum atomic E-state index is -4.79. The molecule has 0 aromatic carbocycles. The number of nitrogen functional groups attached to an aromatic ring is 1. The van der Waals surface area contributed by atoms with Crippen molar-refractivity contribution in [2.24, 2.45) is 5.92 Å². The van der Waals surface area contributed by atoms with Gasteiger partial charge >= 0.3 is 11.9 Å². The molecule has 0 bridgehead atoms. The summed E-state index contributed by atoms with van der Waals surface area (Å²) in [5.41, 5.74) is 1.90. The standard InChI is InChI=1S/C20H25ClF3N5O4/c1-4-5-6-28(15-16(25)29(8-11(2)3)19(33)26-17(15)31)14(30)10-27-9-12(20(22,23)24)7-13(21)18(27)32/h7,9,11H,4-6,8,10,25H2,1-3H3,(H,26,31,33). The van der Waals surface area contributed by atoms with Gasteiger partial charge in [-0.25, -0.2) is 4.79 Å². The third-order valence-corrected chi connectivity index (χ3v) is 5.01. The Kier molecular flexibility index (Phi) is 8.17. The molecular formula is C20H25ClF3N5O4. The van der Waals surface area contributed by atoms with Crippen LogP contribution in [0.1, 0.15) is 39.2 Å². The molecule has 2 rings (SSSR count). The van der Waals surface area contributed by atoms with Crippen LogP contribution in [0.3, 0.4) is 0 Å². The van der Waals surface area contributed by atoms with E-state index in [-0.39, 0.29) is 30.5 Å². The van der Waals surface area contributed by atoms with Crippen LogP contribution < -0.4 is 27.4 Å². The first kappa shape index (κ1) is 26.2. The van der Waals surface area contributed by atoms with E-state index in [9.17, 15) is 32.3 Å². The van der Waals surface area contributed by atoms with Crippen molar-refractivity contribution in [1.29, 1.82) is 0 Å². The second-order valence-electron chi connectivity index (χ2n) is 7.90. The predicted octanol–water partition coefficient (Wildman–Crippen LogP) is 2.44. The van der Waals surface area contributed by atoms with E-state index in [1.807, 2.05) is 20.8 Å². The summed E-state index contributed by atoms with van der Waals surface area (Å²) in [5, 5.41) is -0.708. The highest BCUT2D eigenvalue weighted by Crippen LogP contribution is 2.29. The number of aromatic nitrogens is 3. The number of carbonyl (C=O) groups excluding carboxylic acids is 1. The zero-order chi connectivity index (χ0) is 25.1. The molecule has 0 aliphatic carbocycles. The first-order chi connectivity index (χ1) is 15.3. The first-order valence-electron chi connectivity index (χ1n) is 10.2. The summed E-state index contributed by atoms with van der Waals surface area (Å²) < 4.78 is 41.0. The Balaban J connectivity index is 2.59. The molecule has 0 saturated carbocycles. The molecule has 2 heterocycles. The van der Waals surface area contributed by atoms with Crippen molar-refractivity contribution in [3.05, 3.63) is 54.0 Å². The lowest BCUT2D eigenvalue weighted by Gasteiger charge is -2.25. The van der Waals surface area contributed by atoms with Gasteiger partial charge < -0.3 is 15.2 Å². The summed E-state index contributed by atoms with van der Waals surface area (Å²) in [7, 11) is 0. The van der Waals surface area contributed by atoms with E-state index in [0.29, 0.717) is 29.7 Å². The Bertz CT molecular complexity index is 1200. The average molecular weight is 492 g/mol. The normalized spacial score (nSPS) is 11.8. The molecule has 9 nitrogen and oxygen atoms in total. The predicted molar refractivity (Wildman–Crippen MR) is 119 cm³/mol. The van der Waals surface area contributed by atoms with Gasteiger partial charge in [-0.15, -0.1) is 0 Å². The van der Waals surface area contributed by atoms with E-state index in [1.54, 1.807) is 0 Å². The van der Waals surface area contributed by atoms with Crippen molar-refractivity contribution in [3.8, 4) is 0 Å². The van der Waals surface area contributed by atoms with Gasteiger partial charge in [0, 0.05) is 19.3 Å². The number of anilines is 2. The molecule has 0 atom stereocenters. The highest BCUT2D eigenvalue weighted by molar-refractivity contribution is 6.30. The van der Waals surface area contributed by atoms with Crippen molar-refractivity contribution >= 4 is 29.0 Å². The molecule has 1 amide bonds. The van der Waals surface area contributed by atoms with Crippen LogP contribution in [0.2, 0.25) is 5.02 Å². The number of halogens is 4. The van der Waals surface area contributed by atoms with Crippen LogP contribution >= 0.6 is 11.6 Å². The molecule has 0 unspecified atom stereocenters. The van der Waals surface area contributed by atoms with Crippen LogP contribution in [0.5, 0.6) is 0 Å². The summed E-state index contributed by atoms with van der Waals surface area (Å²) in [5.74, 6) is -1.14. The zero-order valence-electron chi connectivity index (χ0n) is 18.3. The van der Waals surface area contributed by atoms with Crippen molar-refractivity contribution in [1.82, 2.24) is 14.1 Å². The first-order valence-corrected chi connectivity index (χ1v) is 10.6. The number of rotatable bonds is 8. The zero-order valence-corrected chi connectivity index (χ0v) is 19.1. The minimum Gasteiger partial charge on any atom is -0.383 e. The number of nitrogens with zero attached hydrogens (tertiary/aromatic N) is 3. The van der Waals surface area contributed by atoms with Crippen molar-refractivity contribution in [2.45, 2.75) is 52.9 Å². The molecule has 0 aliphatic heterocycles. The second-order valence-corrected chi connectivity index (χ2v) is 8.31. The van der Waals surface area contributed by atoms with Crippen LogP contribution in [0, 0.1) is 5.92 Å². The van der Waals surface area contributed by atoms with E-state index in [0.717, 1.165) is 9.47 Å². The van der Waals surface area contributed by atoms with E-state index < -0.39 is 46.0 Å². The third kappa shape index (κ3) is 6.06. The second kappa shape index (κ2) is 10.3. The van der Waals surface area contributed by atoms with E-state index in [4.69, 9.17) is 17.3 Å². The number of nitrogens with one attached hydrogen (secondary N) is 1. The number of nitrogens with two attached hydrogens (primary N) is 1. The molecular weight excluding hydrogens is 467 g/mol. The minimum absolute atomic E-state index is 0.00998. The fraction of sp³-hybridized carbons (Fsp3) is 0.500. The van der Waals surface area contributed by atoms with Gasteiger partial charge in [0.1, 0.15) is 17.4 Å². The van der Waals surface area contributed by atoms with Gasteiger partial charge in [-0.1, -0.05) is 38.8 Å². The summed E-state index contributed by atoms with van der Waals surface area (Å²) >= 11 is 5.65. The van der Waals surface area contributed by atoms with Crippen molar-refractivity contribution in [3.63, 3.8) is 0 Å². The molecule has 13 heteroatoms. The smallest absolute Gasteiger partial charge is 0.383 e. The van der Waals surface area contributed by atoms with Crippen LogP contribution in [-0.2, 0) is 24.1 Å². The van der Waals surface area contributed by atoms with Crippen LogP contribution in [0.4, 0.5) is 24.7 Å². The van der Waals surface area contributed by atoms with E-state index in [1.165, 1.54) is 0 Å². The maximum absolute atomic E-state index is 13.1. The van der Waals surface area contributed by atoms with Gasteiger partial charge in [-0.05, 0) is 18.4 Å². The molecule has 0 aliphatic rings. The number of hydrogen-bond acceptors (Lipinski definition) is 5. The highest BCUT2D eigenvalue weighted by atomic mass is 35.5. The molecule has 2 aromatic rings. The number of pyridine rings is 1. The summed E-state index contributed by atoms with van der Waals surface area (Å²) in [4.78, 5) is 53.3. The largest absolute Gasteiger partial charge is 0.417 e. The number of hydrogen-bond donors (Lipinski definition) is 2. The SMILES string of the molecule is CCCCN(C(=O)Cn1cc(C(F)(F)F)cc(Cl)c1=O)c1c(N)n(CC(C)C)c(=O)[nH]c1=O. The lowest BCUT2D eigenvalue weighted by Crippen LogP contribution is -2.44. The Hall–Kier alpha value is -3.02. The number of aromatic amines is 1. The van der Waals surface area contributed by atoms with Crippen LogP contribution in [0.15, 0.2) is 26.6 Å². The molecule has 33 heavy (non-hydrogen) atoms. The fourth-order valence-corrected chi connectivity index (χ4v) is 3.39. The number of alkyl halides is 3. The Labute approximate surface area is 191 Å². The molecule has 0 radical (unpaired) electrons. The van der Waals surface area contributed by atoms with E-state index >= 15 is 0 Å². The van der Waals surface area contributed by atoms with Crippen LogP contribution in [-0.4, -0.2) is 26.6 Å². The fourth-order valence-electron chi connectivity index (χ4n) is 3.16. The van der Waals surface area contributed by atoms with Gasteiger partial charge in [-0.3, -0.25) is 23.9 Å². The van der Waals surface area contributed by atoms with Crippen molar-refractivity contribution < 1.29 is 18.0 Å². The third-order valence-electron chi connectivity index (χ3n) is 4.74. The molecule has 0 fully saturated rings. The molecule has 0 spiro atoms. The monoisotopic (exact) mass is 491 g/mol. The van der Waals surface area contributed by atoms with Gasteiger partial charge in [0.2, 0.25) is 5.91 Å². The Morgan fingerprint density at radius 3 is 2.45 bits per heavy atom. The lowest BCUT2D eigenvalue weighted by atomic mass is 10.2. The maximum Gasteiger partial charge on any atom is 0.417 e. The van der Waals surface area contributed by atoms with Crippen molar-refractivity contribution in [2.75, 3.05) is 17.2 Å². The quantitative estimate of drug-likeness (QED) is 0.587. The summed E-state index contributed by atoms with van der Waals surface area (Å²) in [6.45, 7) is 4.79. The Morgan fingerprint density at radius 1 is 1.27 bits per heavy atom. The van der Waals surface area contributed by atoms with Gasteiger partial charge in [0.05, 0.1) is 5.56 Å². The molecule has 3 N–H and O–H groups in total. The van der Waals surface area contributed by atoms with E-state index in [2.05, 4.69) is 4.98 Å². The lowest BCUT2D eigenvalue weighted by molar-refractivity contribution is -0.138. The van der Waals surface area contributed by atoms with Crippen LogP contribution in [0.25, 0.3) is 0 Å². The highest BCUT2D eigenvalue weighted by Gasteiger charge is 2.33. The molecule has 182 valence electrons. The summed E-state index contributed by atoms with van der Waals surface area (Å²) in [6.07, 6.45) is -3.27. The number of unbranched alkanes of at least 4 members (excludes halogenated alkanes) is 1. The Morgan fingerprint density at radius 2 is 1.91 bits per heavy atom. The van der Waals surface area contributed by atoms with Gasteiger partial charge in [0.25, 0.3) is 11.1 Å². The molecule has 2 aromatic heterocycles. The number of H-pyrrole nitrogens is 1. The average Bonchev–Trinajstić information content (AvgIpc) is 2.69. The topological polar surface area (TPSA) is 123 Å². The van der Waals surface area contributed by atoms with Gasteiger partial charge in [-0.2, -0.15) is 13.2 Å². The maximum atomic E-state index is 13.1. The summed E-state index contributed by atoms with van der Waals surface area (Å²) in [6, 6.07) is 0.476.